The molecule has 1 heterocycles. The molecule has 0 atom stereocenters. The van der Waals surface area contributed by atoms with E-state index in [-0.39, 0.29) is 11.7 Å². The molecule has 2 aromatic rings. The number of H-pyrrole nitrogens is 2. The van der Waals surface area contributed by atoms with E-state index in [1.807, 2.05) is 0 Å². The predicted octanol–water partition coefficient (Wildman–Crippen LogP) is 0.863. The second kappa shape index (κ2) is 6.44. The van der Waals surface area contributed by atoms with Crippen LogP contribution in [0.4, 0.5) is 17.3 Å². The SMILES string of the molecule is Nc1cc(N)[nH+]c(SCC(=O)Nc2cccc(Cl)c2)[nH+]1. The Kier molecular flexibility index (Phi) is 4.65. The normalized spacial score (nSPS) is 10.2. The third kappa shape index (κ3) is 4.29. The molecule has 0 aliphatic rings. The summed E-state index contributed by atoms with van der Waals surface area (Å²) in [4.78, 5) is 17.6. The van der Waals surface area contributed by atoms with E-state index in [0.29, 0.717) is 27.5 Å². The number of hydrogen-bond donors (Lipinski definition) is 3. The second-order valence-corrected chi connectivity index (χ2v) is 5.40. The van der Waals surface area contributed by atoms with Crippen molar-refractivity contribution in [3.05, 3.63) is 35.4 Å². The van der Waals surface area contributed by atoms with Crippen LogP contribution in [-0.2, 0) is 4.79 Å². The van der Waals surface area contributed by atoms with Gasteiger partial charge in [-0.25, -0.2) is 0 Å². The maximum atomic E-state index is 11.8. The summed E-state index contributed by atoms with van der Waals surface area (Å²) < 4.78 is 0. The smallest absolute Gasteiger partial charge is 0.359 e. The van der Waals surface area contributed by atoms with E-state index in [1.165, 1.54) is 11.8 Å². The van der Waals surface area contributed by atoms with Gasteiger partial charge in [0.1, 0.15) is 6.07 Å². The minimum atomic E-state index is -0.153. The van der Waals surface area contributed by atoms with Gasteiger partial charge in [-0.05, 0) is 30.0 Å². The molecular formula is C12H14ClN5OS+2. The number of carbonyl (C=O) groups is 1. The number of nitrogen functional groups attached to an aromatic ring is 2. The Labute approximate surface area is 124 Å². The van der Waals surface area contributed by atoms with Gasteiger partial charge >= 0.3 is 11.0 Å². The van der Waals surface area contributed by atoms with Gasteiger partial charge in [0.25, 0.3) is 0 Å². The lowest BCUT2D eigenvalue weighted by Crippen LogP contribution is -2.28. The van der Waals surface area contributed by atoms with Crippen molar-refractivity contribution in [2.45, 2.75) is 5.16 Å². The molecule has 0 aliphatic heterocycles. The van der Waals surface area contributed by atoms with E-state index in [4.69, 9.17) is 23.1 Å². The van der Waals surface area contributed by atoms with Crippen molar-refractivity contribution in [2.24, 2.45) is 0 Å². The molecule has 0 fully saturated rings. The molecule has 0 radical (unpaired) electrons. The highest BCUT2D eigenvalue weighted by molar-refractivity contribution is 7.99. The summed E-state index contributed by atoms with van der Waals surface area (Å²) in [7, 11) is 0. The number of amides is 1. The zero-order chi connectivity index (χ0) is 14.5. The van der Waals surface area contributed by atoms with E-state index >= 15 is 0 Å². The fourth-order valence-electron chi connectivity index (χ4n) is 1.51. The van der Waals surface area contributed by atoms with Gasteiger partial charge < -0.3 is 11.1 Å². The number of halogens is 1. The molecule has 0 bridgehead atoms. The van der Waals surface area contributed by atoms with Crippen molar-refractivity contribution in [3.63, 3.8) is 0 Å². The number of rotatable bonds is 4. The zero-order valence-corrected chi connectivity index (χ0v) is 12.0. The molecule has 0 aliphatic carbocycles. The van der Waals surface area contributed by atoms with Crippen LogP contribution in [0.3, 0.4) is 0 Å². The predicted molar refractivity (Wildman–Crippen MR) is 79.2 cm³/mol. The topological polar surface area (TPSA) is 109 Å². The molecule has 0 spiro atoms. The Balaban J connectivity index is 1.92. The van der Waals surface area contributed by atoms with Gasteiger partial charge in [-0.1, -0.05) is 17.7 Å². The summed E-state index contributed by atoms with van der Waals surface area (Å²) in [5.74, 6) is 0.917. The number of aromatic nitrogens is 2. The van der Waals surface area contributed by atoms with Crippen molar-refractivity contribution >= 4 is 46.6 Å². The van der Waals surface area contributed by atoms with E-state index in [9.17, 15) is 4.79 Å². The number of nitrogens with two attached hydrogens (primary N) is 2. The van der Waals surface area contributed by atoms with Crippen LogP contribution in [-0.4, -0.2) is 11.7 Å². The average molecular weight is 312 g/mol. The first-order valence-electron chi connectivity index (χ1n) is 5.72. The van der Waals surface area contributed by atoms with Crippen LogP contribution in [0.25, 0.3) is 0 Å². The third-order valence-electron chi connectivity index (χ3n) is 2.28. The number of anilines is 3. The van der Waals surface area contributed by atoms with Crippen LogP contribution in [0.5, 0.6) is 0 Å². The van der Waals surface area contributed by atoms with Gasteiger partial charge in [0.05, 0.1) is 5.75 Å². The summed E-state index contributed by atoms with van der Waals surface area (Å²) in [6, 6.07) is 8.53. The minimum absolute atomic E-state index is 0.153. The molecule has 0 saturated carbocycles. The summed E-state index contributed by atoms with van der Waals surface area (Å²) >= 11 is 7.11. The number of thioether (sulfide) groups is 1. The van der Waals surface area contributed by atoms with E-state index in [1.54, 1.807) is 30.3 Å². The van der Waals surface area contributed by atoms with E-state index in [0.717, 1.165) is 0 Å². The second-order valence-electron chi connectivity index (χ2n) is 3.98. The Bertz CT molecular complexity index is 617. The first-order chi connectivity index (χ1) is 9.52. The summed E-state index contributed by atoms with van der Waals surface area (Å²) in [5.41, 5.74) is 11.9. The van der Waals surface area contributed by atoms with E-state index in [2.05, 4.69) is 15.3 Å². The van der Waals surface area contributed by atoms with Crippen molar-refractivity contribution in [2.75, 3.05) is 22.5 Å². The number of carbonyl (C=O) groups excluding carboxylic acids is 1. The van der Waals surface area contributed by atoms with Gasteiger partial charge in [0, 0.05) is 10.7 Å². The van der Waals surface area contributed by atoms with Gasteiger partial charge in [-0.2, -0.15) is 9.97 Å². The first kappa shape index (κ1) is 14.4. The first-order valence-corrected chi connectivity index (χ1v) is 7.08. The molecule has 2 rings (SSSR count). The highest BCUT2D eigenvalue weighted by Crippen LogP contribution is 2.16. The Hall–Kier alpha value is -1.99. The zero-order valence-electron chi connectivity index (χ0n) is 10.4. The average Bonchev–Trinajstić information content (AvgIpc) is 2.35. The highest BCUT2D eigenvalue weighted by atomic mass is 35.5. The number of aromatic amines is 2. The van der Waals surface area contributed by atoms with Crippen LogP contribution < -0.4 is 26.8 Å². The van der Waals surface area contributed by atoms with Crippen molar-refractivity contribution in [1.29, 1.82) is 0 Å². The molecule has 104 valence electrons. The standard InChI is InChI=1S/C12H12ClN5OS/c13-7-2-1-3-8(4-7)16-11(19)6-20-12-17-9(14)5-10(15)18-12/h1-5H,6H2,(H,16,19)(H4,14,15,17,18)/p+2. The highest BCUT2D eigenvalue weighted by Gasteiger charge is 2.13. The largest absolute Gasteiger partial charge is 0.375 e. The van der Waals surface area contributed by atoms with Crippen LogP contribution >= 0.6 is 23.4 Å². The van der Waals surface area contributed by atoms with Crippen molar-refractivity contribution in [3.8, 4) is 0 Å². The Morgan fingerprint density at radius 3 is 2.60 bits per heavy atom. The number of benzene rings is 1. The fourth-order valence-corrected chi connectivity index (χ4v) is 2.42. The molecule has 1 aromatic carbocycles. The molecule has 6 nitrogen and oxygen atoms in total. The third-order valence-corrected chi connectivity index (χ3v) is 3.42. The van der Waals surface area contributed by atoms with E-state index < -0.39 is 0 Å². The lowest BCUT2D eigenvalue weighted by molar-refractivity contribution is -0.590. The molecule has 1 amide bonds. The quantitative estimate of drug-likeness (QED) is 0.574. The lowest BCUT2D eigenvalue weighted by atomic mass is 10.3. The molecule has 20 heavy (non-hydrogen) atoms. The van der Waals surface area contributed by atoms with Gasteiger partial charge in [0.2, 0.25) is 11.7 Å². The maximum Gasteiger partial charge on any atom is 0.375 e. The van der Waals surface area contributed by atoms with Gasteiger partial charge in [-0.3, -0.25) is 10.5 Å². The minimum Gasteiger partial charge on any atom is -0.359 e. The molecule has 8 heteroatoms. The molecular weight excluding hydrogens is 298 g/mol. The number of hydrogen-bond acceptors (Lipinski definition) is 4. The lowest BCUT2D eigenvalue weighted by Gasteiger charge is -2.03. The van der Waals surface area contributed by atoms with Crippen LogP contribution in [0, 0.1) is 0 Å². The van der Waals surface area contributed by atoms with Crippen LogP contribution in [0.1, 0.15) is 0 Å². The maximum absolute atomic E-state index is 11.8. The number of nitrogens with one attached hydrogen (secondary N) is 3. The molecule has 0 saturated heterocycles. The Morgan fingerprint density at radius 1 is 1.25 bits per heavy atom. The van der Waals surface area contributed by atoms with Crippen LogP contribution in [0.2, 0.25) is 5.02 Å². The monoisotopic (exact) mass is 311 g/mol. The van der Waals surface area contributed by atoms with Crippen LogP contribution in [0.15, 0.2) is 35.5 Å². The summed E-state index contributed by atoms with van der Waals surface area (Å²) in [6.07, 6.45) is 0. The fraction of sp³-hybridized carbons (Fsp3) is 0.0833. The van der Waals surface area contributed by atoms with Crippen molar-refractivity contribution < 1.29 is 14.8 Å². The van der Waals surface area contributed by atoms with Gasteiger partial charge in [-0.15, -0.1) is 0 Å². The van der Waals surface area contributed by atoms with Gasteiger partial charge in [0.15, 0.2) is 0 Å². The Morgan fingerprint density at radius 2 is 1.95 bits per heavy atom. The molecule has 1 aromatic heterocycles. The summed E-state index contributed by atoms with van der Waals surface area (Å²) in [6.45, 7) is 0. The van der Waals surface area contributed by atoms with Crippen molar-refractivity contribution in [1.82, 2.24) is 0 Å². The molecule has 0 unspecified atom stereocenters. The molecule has 7 N–H and O–H groups in total. The summed E-state index contributed by atoms with van der Waals surface area (Å²) in [5, 5.41) is 3.93.